The number of aliphatic hydroxyl groups excluding tert-OH is 1. The zero-order valence-electron chi connectivity index (χ0n) is 19.7. The van der Waals surface area contributed by atoms with Gasteiger partial charge in [0.05, 0.1) is 18.1 Å². The number of piperidine rings is 1. The van der Waals surface area contributed by atoms with Crippen molar-refractivity contribution in [2.45, 2.75) is 127 Å². The minimum absolute atomic E-state index is 0.0997. The van der Waals surface area contributed by atoms with Gasteiger partial charge in [-0.3, -0.25) is 4.79 Å². The number of aliphatic hydroxyl groups is 2. The Kier molecular flexibility index (Phi) is 9.21. The molecular weight excluding hydrogens is 392 g/mol. The van der Waals surface area contributed by atoms with Crippen molar-refractivity contribution >= 4 is 5.97 Å². The van der Waals surface area contributed by atoms with Gasteiger partial charge in [0.15, 0.2) is 0 Å². The van der Waals surface area contributed by atoms with Gasteiger partial charge >= 0.3 is 5.97 Å². The van der Waals surface area contributed by atoms with E-state index in [9.17, 15) is 20.1 Å². The molecule has 0 aromatic heterocycles. The standard InChI is InChI=1S/C25H46N2O4/c1-3-26-23-14-9-19(15-25(23,31)16-24(29)30)6-4-5-18-7-10-20(11-8-18)21-12-13-22(28)17(2)27-21/h17-23,26-28,31H,3-16H2,1-2H3,(H,29,30). The van der Waals surface area contributed by atoms with E-state index in [-0.39, 0.29) is 24.6 Å². The fraction of sp³-hybridized carbons (Fsp3) is 0.960. The zero-order valence-corrected chi connectivity index (χ0v) is 19.7. The van der Waals surface area contributed by atoms with Crippen LogP contribution in [0.1, 0.15) is 97.3 Å². The van der Waals surface area contributed by atoms with Gasteiger partial charge in [0, 0.05) is 18.1 Å². The molecule has 0 aromatic rings. The third-order valence-electron chi connectivity index (χ3n) is 8.58. The van der Waals surface area contributed by atoms with Crippen molar-refractivity contribution in [2.75, 3.05) is 6.54 Å². The predicted molar refractivity (Wildman–Crippen MR) is 123 cm³/mol. The molecule has 6 unspecified atom stereocenters. The van der Waals surface area contributed by atoms with Crippen molar-refractivity contribution in [1.82, 2.24) is 10.6 Å². The number of aliphatic carboxylic acids is 1. The van der Waals surface area contributed by atoms with Crippen molar-refractivity contribution in [3.05, 3.63) is 0 Å². The van der Waals surface area contributed by atoms with Gasteiger partial charge in [0.2, 0.25) is 0 Å². The van der Waals surface area contributed by atoms with Crippen LogP contribution in [0, 0.1) is 17.8 Å². The highest BCUT2D eigenvalue weighted by Crippen LogP contribution is 2.40. The molecule has 6 atom stereocenters. The molecule has 1 saturated heterocycles. The van der Waals surface area contributed by atoms with Crippen LogP contribution in [0.15, 0.2) is 0 Å². The predicted octanol–water partition coefficient (Wildman–Crippen LogP) is 3.45. The molecule has 2 saturated carbocycles. The lowest BCUT2D eigenvalue weighted by Gasteiger charge is -2.43. The summed E-state index contributed by atoms with van der Waals surface area (Å²) < 4.78 is 0. The summed E-state index contributed by atoms with van der Waals surface area (Å²) in [5.41, 5.74) is -1.11. The van der Waals surface area contributed by atoms with Crippen LogP contribution >= 0.6 is 0 Å². The number of carboxylic acid groups (broad SMARTS) is 1. The number of hydrogen-bond donors (Lipinski definition) is 5. The van der Waals surface area contributed by atoms with E-state index in [1.807, 2.05) is 6.92 Å². The Morgan fingerprint density at radius 3 is 2.35 bits per heavy atom. The average molecular weight is 439 g/mol. The number of hydrogen-bond acceptors (Lipinski definition) is 5. The molecule has 1 aliphatic heterocycles. The van der Waals surface area contributed by atoms with Gasteiger partial charge in [-0.15, -0.1) is 0 Å². The van der Waals surface area contributed by atoms with Crippen LogP contribution in [0.3, 0.4) is 0 Å². The molecule has 0 amide bonds. The third-order valence-corrected chi connectivity index (χ3v) is 8.58. The summed E-state index contributed by atoms with van der Waals surface area (Å²) in [5.74, 6) is 1.12. The lowest BCUT2D eigenvalue weighted by molar-refractivity contribution is -0.146. The maximum atomic E-state index is 11.3. The molecule has 3 rings (SSSR count). The molecule has 1 heterocycles. The lowest BCUT2D eigenvalue weighted by atomic mass is 9.70. The van der Waals surface area contributed by atoms with Crippen molar-refractivity contribution in [3.63, 3.8) is 0 Å². The van der Waals surface area contributed by atoms with Crippen LogP contribution in [-0.2, 0) is 4.79 Å². The summed E-state index contributed by atoms with van der Waals surface area (Å²) in [4.78, 5) is 11.3. The fourth-order valence-electron chi connectivity index (χ4n) is 6.74. The Morgan fingerprint density at radius 1 is 1.03 bits per heavy atom. The van der Waals surface area contributed by atoms with E-state index in [1.54, 1.807) is 0 Å². The molecule has 0 radical (unpaired) electrons. The second-order valence-corrected chi connectivity index (χ2v) is 10.9. The smallest absolute Gasteiger partial charge is 0.306 e. The minimum atomic E-state index is -1.11. The quantitative estimate of drug-likeness (QED) is 0.378. The Hall–Kier alpha value is -0.690. The van der Waals surface area contributed by atoms with E-state index >= 15 is 0 Å². The first kappa shape index (κ1) is 24.9. The molecule has 6 heteroatoms. The number of likely N-dealkylation sites (N-methyl/N-ethyl adjacent to an activating group) is 1. The molecule has 180 valence electrons. The highest BCUT2D eigenvalue weighted by Gasteiger charge is 2.43. The molecule has 5 N–H and O–H groups in total. The van der Waals surface area contributed by atoms with Gasteiger partial charge in [-0.2, -0.15) is 0 Å². The van der Waals surface area contributed by atoms with Gasteiger partial charge < -0.3 is 26.0 Å². The summed E-state index contributed by atoms with van der Waals surface area (Å²) in [6, 6.07) is 0.703. The topological polar surface area (TPSA) is 102 Å². The van der Waals surface area contributed by atoms with E-state index in [0.29, 0.717) is 18.4 Å². The number of carbonyl (C=O) groups is 1. The van der Waals surface area contributed by atoms with Crippen LogP contribution in [0.2, 0.25) is 0 Å². The Labute approximate surface area is 188 Å². The molecule has 6 nitrogen and oxygen atoms in total. The first-order chi connectivity index (χ1) is 14.8. The second-order valence-electron chi connectivity index (χ2n) is 10.9. The molecule has 0 bridgehead atoms. The van der Waals surface area contributed by atoms with Crippen molar-refractivity contribution in [3.8, 4) is 0 Å². The van der Waals surface area contributed by atoms with Gasteiger partial charge in [-0.05, 0) is 76.2 Å². The molecule has 2 aliphatic carbocycles. The molecule has 31 heavy (non-hydrogen) atoms. The fourth-order valence-corrected chi connectivity index (χ4v) is 6.74. The van der Waals surface area contributed by atoms with E-state index in [1.165, 1.54) is 38.5 Å². The first-order valence-electron chi connectivity index (χ1n) is 12.9. The summed E-state index contributed by atoms with van der Waals surface area (Å²) in [6.07, 6.45) is 13.1. The molecule has 3 aliphatic rings. The highest BCUT2D eigenvalue weighted by molar-refractivity contribution is 5.68. The molecule has 0 spiro atoms. The second kappa shape index (κ2) is 11.4. The number of carboxylic acids is 1. The number of nitrogens with one attached hydrogen (secondary N) is 2. The monoisotopic (exact) mass is 438 g/mol. The van der Waals surface area contributed by atoms with Gasteiger partial charge in [-0.25, -0.2) is 0 Å². The van der Waals surface area contributed by atoms with Crippen LogP contribution in [0.4, 0.5) is 0 Å². The molecular formula is C25H46N2O4. The summed E-state index contributed by atoms with van der Waals surface area (Å²) in [7, 11) is 0. The molecule has 3 fully saturated rings. The summed E-state index contributed by atoms with van der Waals surface area (Å²) in [5, 5.41) is 37.3. The van der Waals surface area contributed by atoms with Crippen LogP contribution in [0.25, 0.3) is 0 Å². The van der Waals surface area contributed by atoms with E-state index in [2.05, 4.69) is 17.6 Å². The van der Waals surface area contributed by atoms with Gasteiger partial charge in [0.1, 0.15) is 0 Å². The Morgan fingerprint density at radius 2 is 1.71 bits per heavy atom. The third kappa shape index (κ3) is 6.89. The van der Waals surface area contributed by atoms with Crippen molar-refractivity contribution in [2.24, 2.45) is 17.8 Å². The largest absolute Gasteiger partial charge is 0.481 e. The van der Waals surface area contributed by atoms with Crippen molar-refractivity contribution < 1.29 is 20.1 Å². The highest BCUT2D eigenvalue weighted by atomic mass is 16.4. The number of rotatable bonds is 9. The summed E-state index contributed by atoms with van der Waals surface area (Å²) >= 11 is 0. The lowest BCUT2D eigenvalue weighted by Crippen LogP contribution is -2.55. The minimum Gasteiger partial charge on any atom is -0.481 e. The SMILES string of the molecule is CCNC1CCC(CCCC2CCC(C3CCC(O)C(C)N3)CC2)CC1(O)CC(=O)O. The maximum Gasteiger partial charge on any atom is 0.306 e. The van der Waals surface area contributed by atoms with E-state index in [0.717, 1.165) is 50.5 Å². The zero-order chi connectivity index (χ0) is 22.4. The average Bonchev–Trinajstić information content (AvgIpc) is 2.72. The first-order valence-corrected chi connectivity index (χ1v) is 12.9. The van der Waals surface area contributed by atoms with Crippen molar-refractivity contribution in [1.29, 1.82) is 0 Å². The normalized spacial score (nSPS) is 41.7. The van der Waals surface area contributed by atoms with Gasteiger partial charge in [0.25, 0.3) is 0 Å². The van der Waals surface area contributed by atoms with Crippen LogP contribution in [-0.4, -0.2) is 57.7 Å². The molecule has 0 aromatic carbocycles. The summed E-state index contributed by atoms with van der Waals surface area (Å²) in [6.45, 7) is 4.87. The van der Waals surface area contributed by atoms with Gasteiger partial charge in [-0.1, -0.05) is 39.0 Å². The maximum absolute atomic E-state index is 11.3. The Bertz CT molecular complexity index is 566. The van der Waals surface area contributed by atoms with Crippen LogP contribution in [0.5, 0.6) is 0 Å². The van der Waals surface area contributed by atoms with Crippen LogP contribution < -0.4 is 10.6 Å². The van der Waals surface area contributed by atoms with E-state index in [4.69, 9.17) is 0 Å². The Balaban J connectivity index is 1.37. The van der Waals surface area contributed by atoms with E-state index < -0.39 is 11.6 Å².